The number of ether oxygens (including phenoxy) is 1. The molecular weight excluding hydrogens is 291 g/mol. The fraction of sp³-hybridized carbons (Fsp3) is 0.571. The molecule has 1 aliphatic carbocycles. The molecule has 0 spiro atoms. The first-order chi connectivity index (χ1) is 8.27. The van der Waals surface area contributed by atoms with E-state index >= 15 is 0 Å². The summed E-state index contributed by atoms with van der Waals surface area (Å²) >= 11 is 12.2. The maximum atomic E-state index is 6.11. The van der Waals surface area contributed by atoms with Crippen molar-refractivity contribution >= 4 is 35.6 Å². The zero-order valence-electron chi connectivity index (χ0n) is 10.3. The van der Waals surface area contributed by atoms with Crippen molar-refractivity contribution in [1.82, 2.24) is 0 Å². The summed E-state index contributed by atoms with van der Waals surface area (Å²) in [5.41, 5.74) is 1.01. The fourth-order valence-electron chi connectivity index (χ4n) is 2.33. The summed E-state index contributed by atoms with van der Waals surface area (Å²) in [7, 11) is 0. The van der Waals surface area contributed by atoms with Gasteiger partial charge < -0.3 is 4.74 Å². The van der Waals surface area contributed by atoms with Gasteiger partial charge in [0.05, 0.1) is 12.7 Å². The Bertz CT molecular complexity index is 342. The highest BCUT2D eigenvalue weighted by Crippen LogP contribution is 2.25. The standard InChI is InChI=1S/C14H18Cl2O.ClH/c15-13-7-4-8-14(16)12(13)9-10-17-11-5-2-1-3-6-11;/h4,7-8,11H,1-3,5-6,9-10H2;1H. The number of benzene rings is 1. The van der Waals surface area contributed by atoms with Gasteiger partial charge in [0.1, 0.15) is 0 Å². The van der Waals surface area contributed by atoms with E-state index < -0.39 is 0 Å². The van der Waals surface area contributed by atoms with E-state index in [4.69, 9.17) is 27.9 Å². The van der Waals surface area contributed by atoms with Crippen LogP contribution in [-0.2, 0) is 11.2 Å². The molecule has 1 aromatic rings. The molecule has 0 heterocycles. The van der Waals surface area contributed by atoms with Crippen LogP contribution in [0.5, 0.6) is 0 Å². The smallest absolute Gasteiger partial charge is 0.0575 e. The summed E-state index contributed by atoms with van der Waals surface area (Å²) in [5.74, 6) is 0. The number of hydrogen-bond acceptors (Lipinski definition) is 1. The maximum Gasteiger partial charge on any atom is 0.0575 e. The molecule has 0 amide bonds. The van der Waals surface area contributed by atoms with Crippen LogP contribution in [0.3, 0.4) is 0 Å². The summed E-state index contributed by atoms with van der Waals surface area (Å²) in [6, 6.07) is 5.63. The van der Waals surface area contributed by atoms with Gasteiger partial charge in [0.25, 0.3) is 0 Å². The SMILES string of the molecule is Cl.Clc1cccc(Cl)c1CCOC1CCCCC1. The number of halogens is 3. The highest BCUT2D eigenvalue weighted by molar-refractivity contribution is 6.35. The maximum absolute atomic E-state index is 6.11. The molecule has 0 aromatic heterocycles. The second kappa shape index (κ2) is 8.27. The number of rotatable bonds is 4. The van der Waals surface area contributed by atoms with Gasteiger partial charge in [0, 0.05) is 10.0 Å². The molecule has 0 bridgehead atoms. The van der Waals surface area contributed by atoms with E-state index in [1.54, 1.807) is 0 Å². The van der Waals surface area contributed by atoms with Gasteiger partial charge in [0.15, 0.2) is 0 Å². The van der Waals surface area contributed by atoms with Crippen LogP contribution in [0.15, 0.2) is 18.2 Å². The Morgan fingerprint density at radius 2 is 1.67 bits per heavy atom. The summed E-state index contributed by atoms with van der Waals surface area (Å²) in [5, 5.41) is 1.48. The minimum atomic E-state index is 0. The first kappa shape index (κ1) is 16.1. The van der Waals surface area contributed by atoms with E-state index in [1.807, 2.05) is 18.2 Å². The zero-order chi connectivity index (χ0) is 12.1. The zero-order valence-corrected chi connectivity index (χ0v) is 12.7. The summed E-state index contributed by atoms with van der Waals surface area (Å²) < 4.78 is 5.88. The lowest BCUT2D eigenvalue weighted by atomic mass is 9.98. The van der Waals surface area contributed by atoms with Crippen LogP contribution in [0.1, 0.15) is 37.7 Å². The Labute approximate surface area is 125 Å². The summed E-state index contributed by atoms with van der Waals surface area (Å²) in [6.07, 6.45) is 7.62. The van der Waals surface area contributed by atoms with Crippen LogP contribution in [0.25, 0.3) is 0 Å². The van der Waals surface area contributed by atoms with Gasteiger partial charge in [-0.2, -0.15) is 0 Å². The summed E-state index contributed by atoms with van der Waals surface area (Å²) in [6.45, 7) is 0.716. The lowest BCUT2D eigenvalue weighted by Crippen LogP contribution is -2.18. The molecule has 0 N–H and O–H groups in total. The average Bonchev–Trinajstić information content (AvgIpc) is 2.34. The van der Waals surface area contributed by atoms with E-state index in [2.05, 4.69) is 0 Å². The molecule has 18 heavy (non-hydrogen) atoms. The van der Waals surface area contributed by atoms with Crippen molar-refractivity contribution in [3.05, 3.63) is 33.8 Å². The third kappa shape index (κ3) is 4.62. The first-order valence-corrected chi connectivity index (χ1v) is 7.07. The number of hydrogen-bond donors (Lipinski definition) is 0. The Morgan fingerprint density at radius 3 is 2.28 bits per heavy atom. The van der Waals surface area contributed by atoms with Crippen molar-refractivity contribution in [2.75, 3.05) is 6.61 Å². The molecule has 0 atom stereocenters. The normalized spacial score (nSPS) is 16.3. The second-order valence-electron chi connectivity index (χ2n) is 4.58. The fourth-order valence-corrected chi connectivity index (χ4v) is 2.92. The second-order valence-corrected chi connectivity index (χ2v) is 5.40. The van der Waals surface area contributed by atoms with Crippen molar-refractivity contribution in [3.8, 4) is 0 Å². The van der Waals surface area contributed by atoms with Gasteiger partial charge in [0.2, 0.25) is 0 Å². The molecular formula is C14H19Cl3O. The van der Waals surface area contributed by atoms with E-state index in [9.17, 15) is 0 Å². The topological polar surface area (TPSA) is 9.23 Å². The third-order valence-corrected chi connectivity index (χ3v) is 4.03. The van der Waals surface area contributed by atoms with E-state index in [1.165, 1.54) is 32.1 Å². The van der Waals surface area contributed by atoms with Gasteiger partial charge in [-0.25, -0.2) is 0 Å². The van der Waals surface area contributed by atoms with Crippen LogP contribution in [-0.4, -0.2) is 12.7 Å². The predicted molar refractivity (Wildman–Crippen MR) is 80.2 cm³/mol. The molecule has 0 aliphatic heterocycles. The molecule has 0 saturated heterocycles. The van der Waals surface area contributed by atoms with E-state index in [-0.39, 0.29) is 12.4 Å². The molecule has 102 valence electrons. The Morgan fingerprint density at radius 1 is 1.06 bits per heavy atom. The molecule has 0 radical (unpaired) electrons. The lowest BCUT2D eigenvalue weighted by molar-refractivity contribution is 0.0303. The average molecular weight is 310 g/mol. The lowest BCUT2D eigenvalue weighted by Gasteiger charge is -2.22. The van der Waals surface area contributed by atoms with Gasteiger partial charge in [-0.1, -0.05) is 48.5 Å². The summed E-state index contributed by atoms with van der Waals surface area (Å²) in [4.78, 5) is 0. The van der Waals surface area contributed by atoms with E-state index in [0.717, 1.165) is 22.0 Å². The van der Waals surface area contributed by atoms with Crippen molar-refractivity contribution < 1.29 is 4.74 Å². The van der Waals surface area contributed by atoms with Crippen molar-refractivity contribution in [2.45, 2.75) is 44.6 Å². The van der Waals surface area contributed by atoms with Gasteiger partial charge in [-0.3, -0.25) is 0 Å². The largest absolute Gasteiger partial charge is 0.378 e. The monoisotopic (exact) mass is 308 g/mol. The predicted octanol–water partition coefficient (Wildman–Crippen LogP) is 5.31. The molecule has 0 unspecified atom stereocenters. The van der Waals surface area contributed by atoms with Crippen LogP contribution >= 0.6 is 35.6 Å². The molecule has 1 aliphatic rings. The highest BCUT2D eigenvalue weighted by Gasteiger charge is 2.14. The minimum Gasteiger partial charge on any atom is -0.378 e. The molecule has 1 aromatic carbocycles. The van der Waals surface area contributed by atoms with Crippen LogP contribution < -0.4 is 0 Å². The van der Waals surface area contributed by atoms with Crippen LogP contribution in [0, 0.1) is 0 Å². The van der Waals surface area contributed by atoms with Gasteiger partial charge in [-0.15, -0.1) is 12.4 Å². The molecule has 1 nitrogen and oxygen atoms in total. The van der Waals surface area contributed by atoms with E-state index in [0.29, 0.717) is 12.7 Å². The molecule has 4 heteroatoms. The highest BCUT2D eigenvalue weighted by atomic mass is 35.5. The minimum absolute atomic E-state index is 0. The molecule has 2 rings (SSSR count). The Balaban J connectivity index is 0.00000162. The molecule has 1 saturated carbocycles. The quantitative estimate of drug-likeness (QED) is 0.732. The third-order valence-electron chi connectivity index (χ3n) is 3.32. The van der Waals surface area contributed by atoms with Crippen LogP contribution in [0.2, 0.25) is 10.0 Å². The molecule has 1 fully saturated rings. The first-order valence-electron chi connectivity index (χ1n) is 6.32. The van der Waals surface area contributed by atoms with Gasteiger partial charge in [-0.05, 0) is 37.0 Å². The Kier molecular flexibility index (Phi) is 7.40. The van der Waals surface area contributed by atoms with Crippen molar-refractivity contribution in [2.24, 2.45) is 0 Å². The van der Waals surface area contributed by atoms with Crippen LogP contribution in [0.4, 0.5) is 0 Å². The van der Waals surface area contributed by atoms with Crippen molar-refractivity contribution in [1.29, 1.82) is 0 Å². The van der Waals surface area contributed by atoms with Crippen molar-refractivity contribution in [3.63, 3.8) is 0 Å². The Hall–Kier alpha value is 0.0500. The van der Waals surface area contributed by atoms with Gasteiger partial charge >= 0.3 is 0 Å².